The van der Waals surface area contributed by atoms with Crippen LogP contribution < -0.4 is 15.8 Å². The molecule has 4 aromatic rings. The van der Waals surface area contributed by atoms with Crippen LogP contribution in [0.3, 0.4) is 0 Å². The molecule has 47 heavy (non-hydrogen) atoms. The summed E-state index contributed by atoms with van der Waals surface area (Å²) in [6.07, 6.45) is 31.8. The molecular weight excluding hydrogens is 567 g/mol. The van der Waals surface area contributed by atoms with Gasteiger partial charge < -0.3 is 5.32 Å². The number of rotatable bonds is 5. The van der Waals surface area contributed by atoms with Crippen LogP contribution in [0.2, 0.25) is 0 Å². The monoisotopic (exact) mass is 605 g/mol. The van der Waals surface area contributed by atoms with E-state index in [0.717, 1.165) is 56.3 Å². The molecule has 0 amide bonds. The minimum Gasteiger partial charge on any atom is -0.381 e. The van der Waals surface area contributed by atoms with Crippen molar-refractivity contribution in [1.82, 2.24) is 5.32 Å². The largest absolute Gasteiger partial charge is 0.381 e. The Morgan fingerprint density at radius 2 is 1.55 bits per heavy atom. The quantitative estimate of drug-likeness (QED) is 0.197. The van der Waals surface area contributed by atoms with Crippen molar-refractivity contribution in [2.45, 2.75) is 45.4 Å². The van der Waals surface area contributed by atoms with Crippen LogP contribution in [0.5, 0.6) is 0 Å². The molecule has 0 fully saturated rings. The molecule has 0 radical (unpaired) electrons. The number of hydrogen-bond acceptors (Lipinski definition) is 1. The Hall–Kier alpha value is -5.14. The first-order valence-corrected chi connectivity index (χ1v) is 17.3. The fourth-order valence-corrected chi connectivity index (χ4v) is 8.69. The van der Waals surface area contributed by atoms with Gasteiger partial charge in [0.05, 0.1) is 0 Å². The Morgan fingerprint density at radius 3 is 2.34 bits per heavy atom. The molecule has 0 spiro atoms. The van der Waals surface area contributed by atoms with E-state index >= 15 is 0 Å². The van der Waals surface area contributed by atoms with E-state index in [-0.39, 0.29) is 0 Å². The van der Waals surface area contributed by atoms with Crippen LogP contribution in [0, 0.1) is 6.92 Å². The average molecular weight is 606 g/mol. The van der Waals surface area contributed by atoms with E-state index in [4.69, 9.17) is 0 Å². The zero-order chi connectivity index (χ0) is 31.5. The topological polar surface area (TPSA) is 12.0 Å². The van der Waals surface area contributed by atoms with Crippen molar-refractivity contribution >= 4 is 45.8 Å². The summed E-state index contributed by atoms with van der Waals surface area (Å²) in [5.41, 5.74) is 19.2. The summed E-state index contributed by atoms with van der Waals surface area (Å²) in [6.45, 7) is 7.57. The van der Waals surface area contributed by atoms with Gasteiger partial charge in [-0.2, -0.15) is 0 Å². The summed E-state index contributed by atoms with van der Waals surface area (Å²) >= 11 is 0. The van der Waals surface area contributed by atoms with Gasteiger partial charge in [-0.05, 0) is 146 Å². The maximum Gasteiger partial charge on any atom is 0.0495 e. The van der Waals surface area contributed by atoms with E-state index < -0.39 is 0 Å². The molecule has 0 aromatic heterocycles. The lowest BCUT2D eigenvalue weighted by Crippen LogP contribution is -2.37. The van der Waals surface area contributed by atoms with Crippen LogP contribution >= 0.6 is 0 Å². The summed E-state index contributed by atoms with van der Waals surface area (Å²) in [6, 6.07) is 18.3. The van der Waals surface area contributed by atoms with Gasteiger partial charge in [-0.15, -0.1) is 0 Å². The summed E-state index contributed by atoms with van der Waals surface area (Å²) in [5.74, 6) is 0. The highest BCUT2D eigenvalue weighted by Crippen LogP contribution is 2.57. The van der Waals surface area contributed by atoms with Crippen molar-refractivity contribution < 1.29 is 0 Å². The molecule has 0 atom stereocenters. The molecule has 5 aliphatic rings. The summed E-state index contributed by atoms with van der Waals surface area (Å²) < 4.78 is 0. The highest BCUT2D eigenvalue weighted by atomic mass is 14.9. The van der Waals surface area contributed by atoms with Gasteiger partial charge >= 0.3 is 0 Å². The van der Waals surface area contributed by atoms with Crippen molar-refractivity contribution in [2.24, 2.45) is 0 Å². The van der Waals surface area contributed by atoms with Crippen LogP contribution in [0.1, 0.15) is 65.5 Å². The first kappa shape index (κ1) is 28.1. The van der Waals surface area contributed by atoms with Gasteiger partial charge in [0.15, 0.2) is 0 Å². The number of fused-ring (bicyclic) bond motifs is 6. The highest BCUT2D eigenvalue weighted by Gasteiger charge is 2.33. The molecule has 0 bridgehead atoms. The third-order valence-electron chi connectivity index (χ3n) is 10.8. The molecular formula is C46H39N. The Balaban J connectivity index is 1.44. The van der Waals surface area contributed by atoms with Crippen molar-refractivity contribution in [3.05, 3.63) is 153 Å². The Bertz CT molecular complexity index is 2360. The minimum absolute atomic E-state index is 0.810. The fourth-order valence-electron chi connectivity index (χ4n) is 8.69. The van der Waals surface area contributed by atoms with Crippen LogP contribution in [0.25, 0.3) is 68.1 Å². The molecule has 0 saturated carbocycles. The van der Waals surface area contributed by atoms with Gasteiger partial charge in [0, 0.05) is 17.5 Å². The number of aryl methyl sites for hydroxylation is 1. The summed E-state index contributed by atoms with van der Waals surface area (Å²) in [4.78, 5) is 0. The number of benzene rings is 4. The molecule has 4 aliphatic carbocycles. The van der Waals surface area contributed by atoms with E-state index in [2.05, 4.69) is 128 Å². The molecule has 9 rings (SSSR count). The maximum absolute atomic E-state index is 4.38. The Labute approximate surface area is 277 Å². The second-order valence-corrected chi connectivity index (χ2v) is 13.4. The van der Waals surface area contributed by atoms with Crippen molar-refractivity contribution in [1.29, 1.82) is 0 Å². The molecule has 0 saturated heterocycles. The summed E-state index contributed by atoms with van der Waals surface area (Å²) in [5, 5.41) is 9.06. The van der Waals surface area contributed by atoms with Crippen LogP contribution in [0.4, 0.5) is 0 Å². The van der Waals surface area contributed by atoms with E-state index in [1.807, 2.05) is 6.08 Å². The van der Waals surface area contributed by atoms with Gasteiger partial charge in [0.2, 0.25) is 0 Å². The molecule has 228 valence electrons. The van der Waals surface area contributed by atoms with Gasteiger partial charge in [0.1, 0.15) is 0 Å². The van der Waals surface area contributed by atoms with Gasteiger partial charge in [0.25, 0.3) is 0 Å². The number of hydrogen-bond donors (Lipinski definition) is 1. The average Bonchev–Trinajstić information content (AvgIpc) is 3.45. The van der Waals surface area contributed by atoms with Gasteiger partial charge in [-0.3, -0.25) is 0 Å². The second kappa shape index (κ2) is 11.3. The standard InChI is InChI=1S/C46H39N/c1-3-30(46-36-22-13-10-15-31(36)25-26-47-46)27-39-29(2)41(32-16-6-4-7-17-32)45-40-28-34-20-11-12-21-35(34)37-23-14-24-38(43(37)40)44(45)42(39)33-18-8-5-9-19-33/h3-6,8,10,12-16,18,21-25,27-28,47H,1,7,9,11,17,19-20,26H2,2H3/b30-27+. The lowest BCUT2D eigenvalue weighted by molar-refractivity contribution is 0.990. The Morgan fingerprint density at radius 1 is 0.787 bits per heavy atom. The highest BCUT2D eigenvalue weighted by molar-refractivity contribution is 6.22. The van der Waals surface area contributed by atoms with Gasteiger partial charge in [-0.1, -0.05) is 110 Å². The number of nitrogens with one attached hydrogen (secondary N) is 1. The van der Waals surface area contributed by atoms with Gasteiger partial charge in [-0.25, -0.2) is 0 Å². The normalized spacial score (nSPS) is 17.4. The van der Waals surface area contributed by atoms with Crippen molar-refractivity contribution in [2.75, 3.05) is 6.54 Å². The van der Waals surface area contributed by atoms with E-state index in [0.29, 0.717) is 0 Å². The summed E-state index contributed by atoms with van der Waals surface area (Å²) in [7, 11) is 0. The predicted molar refractivity (Wildman–Crippen MR) is 203 cm³/mol. The molecule has 1 aliphatic heterocycles. The molecule has 1 heterocycles. The van der Waals surface area contributed by atoms with Crippen LogP contribution in [0.15, 0.2) is 109 Å². The molecule has 1 nitrogen and oxygen atoms in total. The molecule has 0 unspecified atom stereocenters. The molecule has 4 aromatic carbocycles. The fraction of sp³-hybridized carbons (Fsp3) is 0.174. The van der Waals surface area contributed by atoms with Crippen molar-refractivity contribution in [3.63, 3.8) is 0 Å². The van der Waals surface area contributed by atoms with Crippen molar-refractivity contribution in [3.8, 4) is 22.3 Å². The zero-order valence-corrected chi connectivity index (χ0v) is 27.1. The third-order valence-corrected chi connectivity index (χ3v) is 10.8. The molecule has 1 heteroatoms. The first-order valence-electron chi connectivity index (χ1n) is 17.3. The molecule has 1 N–H and O–H groups in total. The van der Waals surface area contributed by atoms with E-state index in [1.54, 1.807) is 0 Å². The minimum atomic E-state index is 0.810. The lowest BCUT2D eigenvalue weighted by atomic mass is 9.77. The Kier molecular flexibility index (Phi) is 6.75. The van der Waals surface area contributed by atoms with Crippen LogP contribution in [-0.2, 0) is 6.42 Å². The maximum atomic E-state index is 4.38. The third kappa shape index (κ3) is 4.37. The zero-order valence-electron chi connectivity index (χ0n) is 27.1. The SMILES string of the molecule is C=C/C(=C\c1c(C)c(C2=CC=CCC2)c2c(c1C1=CC=CCC1)-c1cccc3c4c(cc-2c13)CCC=C4)C1=c2ccccc2=CCN1. The number of allylic oxidation sites excluding steroid dienone is 9. The first-order chi connectivity index (χ1) is 23.2. The van der Waals surface area contributed by atoms with E-state index in [9.17, 15) is 0 Å². The van der Waals surface area contributed by atoms with Crippen LogP contribution in [-0.4, -0.2) is 6.54 Å². The van der Waals surface area contributed by atoms with E-state index in [1.165, 1.54) is 88.0 Å². The second-order valence-electron chi connectivity index (χ2n) is 13.4. The predicted octanol–water partition coefficient (Wildman–Crippen LogP) is 9.98. The lowest BCUT2D eigenvalue weighted by Gasteiger charge is -2.26. The smallest absolute Gasteiger partial charge is 0.0495 e.